The molecule has 3 rings (SSSR count). The molecule has 0 bridgehead atoms. The summed E-state index contributed by atoms with van der Waals surface area (Å²) in [5.74, 6) is -3.59. The van der Waals surface area contributed by atoms with Gasteiger partial charge >= 0.3 is 0 Å². The number of aromatic nitrogens is 3. The van der Waals surface area contributed by atoms with Crippen LogP contribution in [0, 0.1) is 5.95 Å². The van der Waals surface area contributed by atoms with E-state index in [1.54, 1.807) is 18.2 Å². The number of aromatic amines is 1. The van der Waals surface area contributed by atoms with Gasteiger partial charge in [0.15, 0.2) is 0 Å². The van der Waals surface area contributed by atoms with Crippen LogP contribution in [0.15, 0.2) is 36.5 Å². The van der Waals surface area contributed by atoms with Crippen LogP contribution in [0.4, 0.5) is 13.2 Å². The summed E-state index contributed by atoms with van der Waals surface area (Å²) in [5.41, 5.74) is 1.69. The molecule has 3 nitrogen and oxygen atoms in total. The summed E-state index contributed by atoms with van der Waals surface area (Å²) in [6.07, 6.45) is 1.44. The number of benzene rings is 1. The predicted octanol–water partition coefficient (Wildman–Crippen LogP) is 3.88. The van der Waals surface area contributed by atoms with E-state index in [2.05, 4.69) is 15.2 Å². The smallest absolute Gasteiger partial charge is 0.270 e. The SMILES string of the molecule is CC(F)(F)c1cccc(-c2cnc3c(F)n[nH]c3c2)c1. The number of nitrogens with one attached hydrogen (secondary N) is 1. The molecule has 0 saturated carbocycles. The molecule has 0 radical (unpaired) electrons. The quantitative estimate of drug-likeness (QED) is 0.772. The van der Waals surface area contributed by atoms with E-state index in [1.165, 1.54) is 18.3 Å². The largest absolute Gasteiger partial charge is 0.273 e. The summed E-state index contributed by atoms with van der Waals surface area (Å²) in [4.78, 5) is 3.95. The zero-order valence-electron chi connectivity index (χ0n) is 10.5. The summed E-state index contributed by atoms with van der Waals surface area (Å²) < 4.78 is 39.8. The van der Waals surface area contributed by atoms with Gasteiger partial charge in [-0.15, -0.1) is 5.10 Å². The fourth-order valence-electron chi connectivity index (χ4n) is 2.01. The fourth-order valence-corrected chi connectivity index (χ4v) is 2.01. The second-order valence-electron chi connectivity index (χ2n) is 4.60. The highest BCUT2D eigenvalue weighted by Gasteiger charge is 2.24. The van der Waals surface area contributed by atoms with E-state index in [0.717, 1.165) is 6.92 Å². The standard InChI is InChI=1S/C14H10F3N3/c1-14(16,17)10-4-2-3-8(5-10)9-6-11-12(18-7-9)13(15)20-19-11/h2-7H,1H3,(H,19,20). The van der Waals surface area contributed by atoms with Crippen LogP contribution in [-0.2, 0) is 5.92 Å². The minimum absolute atomic E-state index is 0.0779. The second kappa shape index (κ2) is 4.33. The first-order chi connectivity index (χ1) is 9.45. The highest BCUT2D eigenvalue weighted by atomic mass is 19.3. The van der Waals surface area contributed by atoms with E-state index in [-0.39, 0.29) is 11.1 Å². The summed E-state index contributed by atoms with van der Waals surface area (Å²) >= 11 is 0. The highest BCUT2D eigenvalue weighted by Crippen LogP contribution is 2.31. The molecule has 20 heavy (non-hydrogen) atoms. The minimum atomic E-state index is -2.91. The van der Waals surface area contributed by atoms with Crippen molar-refractivity contribution in [1.29, 1.82) is 0 Å². The van der Waals surface area contributed by atoms with Crippen molar-refractivity contribution >= 4 is 11.0 Å². The Kier molecular flexibility index (Phi) is 2.74. The van der Waals surface area contributed by atoms with Crippen LogP contribution in [0.3, 0.4) is 0 Å². The van der Waals surface area contributed by atoms with E-state index in [0.29, 0.717) is 16.6 Å². The van der Waals surface area contributed by atoms with Crippen LogP contribution < -0.4 is 0 Å². The van der Waals surface area contributed by atoms with E-state index in [9.17, 15) is 13.2 Å². The molecule has 1 aromatic carbocycles. The van der Waals surface area contributed by atoms with Crippen molar-refractivity contribution in [2.75, 3.05) is 0 Å². The molecule has 0 aliphatic heterocycles. The molecule has 0 unspecified atom stereocenters. The maximum atomic E-state index is 13.3. The van der Waals surface area contributed by atoms with Gasteiger partial charge < -0.3 is 0 Å². The normalized spacial score (nSPS) is 12.0. The summed E-state index contributed by atoms with van der Waals surface area (Å²) in [5, 5.41) is 5.92. The van der Waals surface area contributed by atoms with Crippen LogP contribution in [0.1, 0.15) is 12.5 Å². The predicted molar refractivity (Wildman–Crippen MR) is 68.9 cm³/mol. The van der Waals surface area contributed by atoms with Gasteiger partial charge in [-0.3, -0.25) is 5.10 Å². The fraction of sp³-hybridized carbons (Fsp3) is 0.143. The summed E-state index contributed by atoms with van der Waals surface area (Å²) in [7, 11) is 0. The molecule has 1 N–H and O–H groups in total. The first-order valence-corrected chi connectivity index (χ1v) is 5.93. The Balaban J connectivity index is 2.11. The summed E-state index contributed by atoms with van der Waals surface area (Å²) in [6.45, 7) is 0.845. The van der Waals surface area contributed by atoms with Crippen LogP contribution in [-0.4, -0.2) is 15.2 Å². The number of H-pyrrole nitrogens is 1. The van der Waals surface area contributed by atoms with Crippen LogP contribution in [0.25, 0.3) is 22.2 Å². The third-order valence-corrected chi connectivity index (χ3v) is 3.06. The lowest BCUT2D eigenvalue weighted by Gasteiger charge is -2.11. The van der Waals surface area contributed by atoms with E-state index in [4.69, 9.17) is 0 Å². The van der Waals surface area contributed by atoms with Gasteiger partial charge in [0, 0.05) is 24.2 Å². The Bertz CT molecular complexity index is 775. The van der Waals surface area contributed by atoms with Crippen molar-refractivity contribution in [1.82, 2.24) is 15.2 Å². The lowest BCUT2D eigenvalue weighted by Crippen LogP contribution is -2.06. The van der Waals surface area contributed by atoms with Crippen molar-refractivity contribution in [2.45, 2.75) is 12.8 Å². The maximum Gasteiger partial charge on any atom is 0.270 e. The first-order valence-electron chi connectivity index (χ1n) is 5.93. The molecule has 102 valence electrons. The third kappa shape index (κ3) is 2.13. The van der Waals surface area contributed by atoms with Gasteiger partial charge in [-0.25, -0.2) is 13.8 Å². The molecule has 6 heteroatoms. The number of rotatable bonds is 2. The number of pyridine rings is 1. The number of nitrogens with zero attached hydrogens (tertiary/aromatic N) is 2. The Morgan fingerprint density at radius 2 is 1.95 bits per heavy atom. The van der Waals surface area contributed by atoms with Gasteiger partial charge in [0.1, 0.15) is 5.52 Å². The number of fused-ring (bicyclic) bond motifs is 1. The molecule has 0 aliphatic carbocycles. The molecule has 0 atom stereocenters. The Hall–Kier alpha value is -2.37. The van der Waals surface area contributed by atoms with E-state index < -0.39 is 11.9 Å². The molecule has 0 amide bonds. The third-order valence-electron chi connectivity index (χ3n) is 3.06. The molecular formula is C14H10F3N3. The lowest BCUT2D eigenvalue weighted by atomic mass is 10.0. The topological polar surface area (TPSA) is 41.6 Å². The molecule has 0 aliphatic rings. The Labute approximate surface area is 112 Å². The number of halogens is 3. The van der Waals surface area contributed by atoms with Gasteiger partial charge in [-0.2, -0.15) is 4.39 Å². The molecule has 0 saturated heterocycles. The lowest BCUT2D eigenvalue weighted by molar-refractivity contribution is 0.0175. The molecule has 3 aromatic rings. The van der Waals surface area contributed by atoms with Gasteiger partial charge in [0.05, 0.1) is 5.52 Å². The van der Waals surface area contributed by atoms with Crippen molar-refractivity contribution < 1.29 is 13.2 Å². The Morgan fingerprint density at radius 1 is 1.15 bits per heavy atom. The average molecular weight is 277 g/mol. The number of hydrogen-bond donors (Lipinski definition) is 1. The van der Waals surface area contributed by atoms with Crippen LogP contribution in [0.2, 0.25) is 0 Å². The van der Waals surface area contributed by atoms with Gasteiger partial charge in [0.25, 0.3) is 11.9 Å². The zero-order valence-corrected chi connectivity index (χ0v) is 10.5. The van der Waals surface area contributed by atoms with Gasteiger partial charge in [-0.05, 0) is 17.7 Å². The number of alkyl halides is 2. The monoisotopic (exact) mass is 277 g/mol. The van der Waals surface area contributed by atoms with Crippen molar-refractivity contribution in [3.05, 3.63) is 48.0 Å². The summed E-state index contributed by atoms with van der Waals surface area (Å²) in [6, 6.07) is 7.65. The van der Waals surface area contributed by atoms with Crippen molar-refractivity contribution in [3.63, 3.8) is 0 Å². The second-order valence-corrected chi connectivity index (χ2v) is 4.60. The van der Waals surface area contributed by atoms with Crippen molar-refractivity contribution in [3.8, 4) is 11.1 Å². The van der Waals surface area contributed by atoms with Gasteiger partial charge in [0.2, 0.25) is 0 Å². The van der Waals surface area contributed by atoms with Crippen LogP contribution in [0.5, 0.6) is 0 Å². The molecule has 0 spiro atoms. The molecule has 0 fully saturated rings. The zero-order chi connectivity index (χ0) is 14.3. The maximum absolute atomic E-state index is 13.3. The minimum Gasteiger partial charge on any atom is -0.273 e. The van der Waals surface area contributed by atoms with E-state index >= 15 is 0 Å². The van der Waals surface area contributed by atoms with Gasteiger partial charge in [-0.1, -0.05) is 18.2 Å². The first kappa shape index (κ1) is 12.7. The average Bonchev–Trinajstić information content (AvgIpc) is 2.79. The van der Waals surface area contributed by atoms with Crippen LogP contribution >= 0.6 is 0 Å². The Morgan fingerprint density at radius 3 is 2.70 bits per heavy atom. The highest BCUT2D eigenvalue weighted by molar-refractivity contribution is 5.80. The number of hydrogen-bond acceptors (Lipinski definition) is 2. The van der Waals surface area contributed by atoms with E-state index in [1.807, 2.05) is 0 Å². The van der Waals surface area contributed by atoms with Crippen molar-refractivity contribution in [2.24, 2.45) is 0 Å². The molecular weight excluding hydrogens is 267 g/mol. The molecule has 2 aromatic heterocycles. The molecule has 2 heterocycles.